The largest absolute Gasteiger partial charge is 0.492 e. The van der Waals surface area contributed by atoms with Gasteiger partial charge in [0.25, 0.3) is 11.8 Å². The lowest BCUT2D eigenvalue weighted by atomic mass is 9.90. The average Bonchev–Trinajstić information content (AvgIpc) is 3.57. The summed E-state index contributed by atoms with van der Waals surface area (Å²) >= 11 is 5.79. The molecule has 2 atom stereocenters. The second-order valence-electron chi connectivity index (χ2n) is 11.8. The fourth-order valence-corrected chi connectivity index (χ4v) is 6.94. The van der Waals surface area contributed by atoms with E-state index >= 15 is 0 Å². The maximum Gasteiger partial charge on any atom is 0.461 e. The van der Waals surface area contributed by atoms with Gasteiger partial charge in [0.1, 0.15) is 28.8 Å². The molecule has 0 aliphatic heterocycles. The van der Waals surface area contributed by atoms with Crippen molar-refractivity contribution in [3.8, 4) is 11.5 Å². The van der Waals surface area contributed by atoms with Crippen molar-refractivity contribution in [2.45, 2.75) is 64.5 Å². The molecule has 2 aromatic carbocycles. The number of rotatable bonds is 18. The summed E-state index contributed by atoms with van der Waals surface area (Å²) < 4.78 is 37.9. The topological polar surface area (TPSA) is 176 Å². The zero-order chi connectivity index (χ0) is 34.7. The van der Waals surface area contributed by atoms with E-state index in [1.54, 1.807) is 32.2 Å². The Hall–Kier alpha value is -3.90. The molecule has 0 bridgehead atoms. The van der Waals surface area contributed by atoms with E-state index in [-0.39, 0.29) is 29.6 Å². The van der Waals surface area contributed by atoms with Crippen LogP contribution in [0.1, 0.15) is 90.0 Å². The van der Waals surface area contributed by atoms with Gasteiger partial charge in [0, 0.05) is 18.0 Å². The molecule has 3 N–H and O–H groups in total. The molecule has 1 saturated carbocycles. The van der Waals surface area contributed by atoms with Crippen molar-refractivity contribution >= 4 is 37.0 Å². The minimum atomic E-state index is -3.97. The van der Waals surface area contributed by atoms with Crippen LogP contribution in [-0.2, 0) is 15.7 Å². The fourth-order valence-electron chi connectivity index (χ4n) is 5.30. The van der Waals surface area contributed by atoms with E-state index in [9.17, 15) is 24.3 Å². The van der Waals surface area contributed by atoms with Crippen LogP contribution >= 0.6 is 19.3 Å². The van der Waals surface area contributed by atoms with Crippen LogP contribution in [-0.4, -0.2) is 47.5 Å². The monoisotopic (exact) mass is 704 g/mol. The van der Waals surface area contributed by atoms with E-state index < -0.39 is 30.5 Å². The smallest absolute Gasteiger partial charge is 0.461 e. The van der Waals surface area contributed by atoms with Crippen LogP contribution in [0.2, 0.25) is 0 Å². The van der Waals surface area contributed by atoms with Gasteiger partial charge in [0.05, 0.1) is 24.3 Å². The van der Waals surface area contributed by atoms with Gasteiger partial charge in [-0.3, -0.25) is 24.2 Å². The number of ether oxygens (including phenoxy) is 1. The lowest BCUT2D eigenvalue weighted by Gasteiger charge is -2.27. The van der Waals surface area contributed by atoms with Crippen LogP contribution in [0.15, 0.2) is 59.0 Å². The van der Waals surface area contributed by atoms with Crippen molar-refractivity contribution in [1.82, 2.24) is 9.99 Å². The normalized spacial score (nSPS) is 15.4. The molecule has 0 saturated heterocycles. The number of hydrogen-bond acceptors (Lipinski definition) is 9. The number of benzene rings is 2. The lowest BCUT2D eigenvalue weighted by molar-refractivity contribution is -0.402. The highest BCUT2D eigenvalue weighted by Gasteiger charge is 2.33. The first-order valence-electron chi connectivity index (χ1n) is 15.9. The Morgan fingerprint density at radius 1 is 1.12 bits per heavy atom. The van der Waals surface area contributed by atoms with Crippen LogP contribution in [0.3, 0.4) is 0 Å². The predicted molar refractivity (Wildman–Crippen MR) is 180 cm³/mol. The Morgan fingerprint density at radius 3 is 2.50 bits per heavy atom. The van der Waals surface area contributed by atoms with E-state index in [1.165, 1.54) is 60.3 Å². The van der Waals surface area contributed by atoms with Gasteiger partial charge in [-0.15, -0.1) is 11.6 Å². The van der Waals surface area contributed by atoms with Crippen molar-refractivity contribution in [3.05, 3.63) is 87.2 Å². The van der Waals surface area contributed by atoms with Crippen LogP contribution in [0.4, 0.5) is 5.88 Å². The van der Waals surface area contributed by atoms with Crippen LogP contribution in [0, 0.1) is 16.0 Å². The first kappa shape index (κ1) is 36.9. The van der Waals surface area contributed by atoms with Crippen molar-refractivity contribution in [2.24, 2.45) is 11.7 Å². The first-order valence-corrected chi connectivity index (χ1v) is 17.9. The highest BCUT2D eigenvalue weighted by molar-refractivity contribution is 7.51. The molecular weight excluding hydrogens is 663 g/mol. The summed E-state index contributed by atoms with van der Waals surface area (Å²) in [7, 11) is -2.40. The maximum absolute atomic E-state index is 13.9. The van der Waals surface area contributed by atoms with E-state index in [0.29, 0.717) is 54.7 Å². The molecule has 1 heterocycles. The molecule has 0 spiro atoms. The van der Waals surface area contributed by atoms with Gasteiger partial charge in [0.2, 0.25) is 0 Å². The summed E-state index contributed by atoms with van der Waals surface area (Å²) in [5.41, 5.74) is 6.92. The number of carbonyl (C=O) groups excluding carboxylic acids is 2. The molecule has 1 aliphatic rings. The summed E-state index contributed by atoms with van der Waals surface area (Å²) in [6.07, 6.45) is 7.14. The highest BCUT2D eigenvalue weighted by atomic mass is 35.5. The summed E-state index contributed by atoms with van der Waals surface area (Å²) in [6, 6.07) is 13.2. The lowest BCUT2D eigenvalue weighted by Crippen LogP contribution is -2.27. The summed E-state index contributed by atoms with van der Waals surface area (Å²) in [5.74, 6) is 0.145. The SMILES string of the molecule is CC(NC(=O)c1ccc(OP(=O)(OCc2ccc([N+](=O)[O-])o2)N(C)CCCCCl)cc1)c1ccc(OCC2CCCCC2)c(C(N)=O)c1. The van der Waals surface area contributed by atoms with Gasteiger partial charge in [-0.05, 0) is 93.6 Å². The standard InChI is InChI=1S/C33H42ClN4O9P/c1-23(26-12-16-30(29(20-26)32(35)39)44-21-24-8-4-3-5-9-24)36-33(40)25-10-13-27(14-11-25)47-48(43,37(2)19-7-6-18-34)45-22-28-15-17-31(46-28)38(41)42/h10-17,20,23-24H,3-9,18-19,21-22H2,1-2H3,(H2,35,39)(H,36,40). The van der Waals surface area contributed by atoms with Crippen molar-refractivity contribution in [3.63, 3.8) is 0 Å². The molecule has 1 aromatic heterocycles. The third kappa shape index (κ3) is 10.3. The fraction of sp³-hybridized carbons (Fsp3) is 0.455. The second kappa shape index (κ2) is 17.5. The van der Waals surface area contributed by atoms with Gasteiger partial charge in [-0.25, -0.2) is 9.24 Å². The van der Waals surface area contributed by atoms with Gasteiger partial charge >= 0.3 is 13.6 Å². The molecule has 1 fully saturated rings. The quantitative estimate of drug-likeness (QED) is 0.0446. The second-order valence-corrected chi connectivity index (χ2v) is 14.2. The summed E-state index contributed by atoms with van der Waals surface area (Å²) in [5, 5.41) is 13.9. The Balaban J connectivity index is 1.40. The molecular formula is C33H42ClN4O9P. The third-order valence-electron chi connectivity index (χ3n) is 8.13. The Labute approximate surface area is 284 Å². The molecule has 13 nitrogen and oxygen atoms in total. The number of nitrogens with two attached hydrogens (primary N) is 1. The van der Waals surface area contributed by atoms with Crippen molar-refractivity contribution in [1.29, 1.82) is 0 Å². The molecule has 1 aliphatic carbocycles. The zero-order valence-corrected chi connectivity index (χ0v) is 28.8. The molecule has 15 heteroatoms. The average molecular weight is 705 g/mol. The number of hydrogen-bond donors (Lipinski definition) is 2. The van der Waals surface area contributed by atoms with Gasteiger partial charge in [-0.1, -0.05) is 25.3 Å². The van der Waals surface area contributed by atoms with Crippen molar-refractivity contribution in [2.75, 3.05) is 26.1 Å². The van der Waals surface area contributed by atoms with E-state index in [1.807, 2.05) is 0 Å². The van der Waals surface area contributed by atoms with E-state index in [4.69, 9.17) is 35.5 Å². The number of furan rings is 1. The molecule has 2 amide bonds. The minimum Gasteiger partial charge on any atom is -0.492 e. The Morgan fingerprint density at radius 2 is 1.85 bits per heavy atom. The maximum atomic E-state index is 13.9. The minimum absolute atomic E-state index is 0.102. The van der Waals surface area contributed by atoms with Gasteiger partial charge in [-0.2, -0.15) is 0 Å². The number of nitrogens with one attached hydrogen (secondary N) is 1. The number of amides is 2. The van der Waals surface area contributed by atoms with Crippen LogP contribution in [0.5, 0.6) is 11.5 Å². The van der Waals surface area contributed by atoms with E-state index in [2.05, 4.69) is 5.32 Å². The Bertz CT molecular complexity index is 1590. The molecule has 4 rings (SSSR count). The van der Waals surface area contributed by atoms with Crippen LogP contribution in [0.25, 0.3) is 0 Å². The third-order valence-corrected chi connectivity index (χ3v) is 10.3. The number of alkyl halides is 1. The molecule has 0 radical (unpaired) electrons. The number of nitrogens with zero attached hydrogens (tertiary/aromatic N) is 2. The molecule has 48 heavy (non-hydrogen) atoms. The van der Waals surface area contributed by atoms with Gasteiger partial charge in [0.15, 0.2) is 0 Å². The molecule has 260 valence electrons. The van der Waals surface area contributed by atoms with Crippen molar-refractivity contribution < 1.29 is 37.3 Å². The highest BCUT2D eigenvalue weighted by Crippen LogP contribution is 2.52. The molecule has 3 aromatic rings. The van der Waals surface area contributed by atoms with Crippen LogP contribution < -0.4 is 20.3 Å². The van der Waals surface area contributed by atoms with Gasteiger partial charge < -0.3 is 24.7 Å². The number of carbonyl (C=O) groups is 2. The number of nitro groups is 1. The number of halogens is 1. The number of unbranched alkanes of at least 4 members (excludes halogenated alkanes) is 1. The summed E-state index contributed by atoms with van der Waals surface area (Å²) in [6.45, 7) is 2.33. The van der Waals surface area contributed by atoms with E-state index in [0.717, 1.165) is 12.8 Å². The Kier molecular flexibility index (Phi) is 13.5. The first-order chi connectivity index (χ1) is 23.0. The molecule has 2 unspecified atom stereocenters. The zero-order valence-electron chi connectivity index (χ0n) is 27.1. The predicted octanol–water partition coefficient (Wildman–Crippen LogP) is 7.39. The number of primary amides is 1. The summed E-state index contributed by atoms with van der Waals surface area (Å²) in [4.78, 5) is 35.6.